The number of nitrogens with zero attached hydrogens (tertiary/aromatic N) is 3. The number of aliphatic hydroxyl groups excluding tert-OH is 1. The highest BCUT2D eigenvalue weighted by Gasteiger charge is 2.13. The number of unbranched alkanes of at least 4 members (excludes halogenated alkanes) is 2. The lowest BCUT2D eigenvalue weighted by Gasteiger charge is -2.22. The van der Waals surface area contributed by atoms with E-state index in [0.717, 1.165) is 38.1 Å². The van der Waals surface area contributed by atoms with Crippen LogP contribution in [-0.4, -0.2) is 50.3 Å². The molecule has 0 radical (unpaired) electrons. The number of carboxylic acids is 1. The molecule has 2 rings (SSSR count). The van der Waals surface area contributed by atoms with Gasteiger partial charge in [0.15, 0.2) is 0 Å². The smallest absolute Gasteiger partial charge is 0.335 e. The van der Waals surface area contributed by atoms with Crippen molar-refractivity contribution in [1.29, 1.82) is 0 Å². The van der Waals surface area contributed by atoms with Crippen LogP contribution in [0.15, 0.2) is 18.2 Å². The van der Waals surface area contributed by atoms with Crippen LogP contribution in [0.1, 0.15) is 62.1 Å². The molecule has 0 spiro atoms. The number of aromatic carboxylic acids is 1. The molecule has 6 heteroatoms. The van der Waals surface area contributed by atoms with Gasteiger partial charge in [-0.2, -0.15) is 0 Å². The first-order chi connectivity index (χ1) is 12.6. The maximum atomic E-state index is 11.1. The molecule has 144 valence electrons. The number of carboxylic acid groups (broad SMARTS) is 1. The molecule has 2 N–H and O–H groups in total. The summed E-state index contributed by atoms with van der Waals surface area (Å²) in [5.41, 5.74) is 1.73. The van der Waals surface area contributed by atoms with Gasteiger partial charge in [0.1, 0.15) is 12.4 Å². The number of benzene rings is 1. The molecule has 0 aliphatic rings. The predicted octanol–water partition coefficient (Wildman–Crippen LogP) is 3.52. The minimum absolute atomic E-state index is 0.146. The molecule has 2 aromatic rings. The molecule has 0 fully saturated rings. The molecular formula is C20H31N3O3. The fourth-order valence-electron chi connectivity index (χ4n) is 3.23. The third kappa shape index (κ3) is 5.29. The van der Waals surface area contributed by atoms with Crippen molar-refractivity contribution in [1.82, 2.24) is 14.5 Å². The maximum absolute atomic E-state index is 11.1. The Kier molecular flexibility index (Phi) is 8.06. The second kappa shape index (κ2) is 10.3. The minimum atomic E-state index is -0.963. The molecule has 1 aromatic heterocycles. The van der Waals surface area contributed by atoms with Crippen molar-refractivity contribution in [2.75, 3.05) is 19.6 Å². The number of aliphatic hydroxyl groups is 1. The second-order valence-electron chi connectivity index (χ2n) is 6.75. The molecule has 6 nitrogen and oxygen atoms in total. The molecule has 0 unspecified atom stereocenters. The first-order valence-electron chi connectivity index (χ1n) is 9.66. The largest absolute Gasteiger partial charge is 0.478 e. The number of aryl methyl sites for hydroxylation is 1. The first kappa shape index (κ1) is 20.4. The van der Waals surface area contributed by atoms with E-state index in [-0.39, 0.29) is 12.2 Å². The van der Waals surface area contributed by atoms with Gasteiger partial charge < -0.3 is 19.7 Å². The van der Waals surface area contributed by atoms with Crippen LogP contribution in [0.5, 0.6) is 0 Å². The lowest BCUT2D eigenvalue weighted by atomic mass is 10.2. The fraction of sp³-hybridized carbons (Fsp3) is 0.600. The lowest BCUT2D eigenvalue weighted by Crippen LogP contribution is -2.28. The van der Waals surface area contributed by atoms with Crippen molar-refractivity contribution in [2.45, 2.75) is 59.1 Å². The van der Waals surface area contributed by atoms with E-state index in [2.05, 4.69) is 23.7 Å². The van der Waals surface area contributed by atoms with Crippen LogP contribution in [0.3, 0.4) is 0 Å². The Morgan fingerprint density at radius 3 is 2.35 bits per heavy atom. The molecule has 1 aromatic carbocycles. The molecule has 1 heterocycles. The average molecular weight is 361 g/mol. The molecule has 0 amide bonds. The number of hydrogen-bond donors (Lipinski definition) is 2. The van der Waals surface area contributed by atoms with E-state index in [1.54, 1.807) is 18.2 Å². The Labute approximate surface area is 155 Å². The maximum Gasteiger partial charge on any atom is 0.335 e. The van der Waals surface area contributed by atoms with Gasteiger partial charge in [0.05, 0.1) is 16.6 Å². The van der Waals surface area contributed by atoms with Crippen LogP contribution < -0.4 is 0 Å². The van der Waals surface area contributed by atoms with E-state index in [9.17, 15) is 9.90 Å². The Morgan fingerprint density at radius 1 is 1.12 bits per heavy atom. The summed E-state index contributed by atoms with van der Waals surface area (Å²) in [5, 5.41) is 18.8. The summed E-state index contributed by atoms with van der Waals surface area (Å²) in [7, 11) is 0. The van der Waals surface area contributed by atoms with Gasteiger partial charge in [-0.05, 0) is 57.1 Å². The van der Waals surface area contributed by atoms with Crippen molar-refractivity contribution in [3.8, 4) is 0 Å². The zero-order chi connectivity index (χ0) is 18.9. The van der Waals surface area contributed by atoms with Crippen LogP contribution in [0.4, 0.5) is 0 Å². The summed E-state index contributed by atoms with van der Waals surface area (Å²) < 4.78 is 2.01. The fourth-order valence-corrected chi connectivity index (χ4v) is 3.23. The van der Waals surface area contributed by atoms with Gasteiger partial charge in [0, 0.05) is 6.54 Å². The van der Waals surface area contributed by atoms with Crippen molar-refractivity contribution in [3.63, 3.8) is 0 Å². The summed E-state index contributed by atoms with van der Waals surface area (Å²) in [6, 6.07) is 4.96. The number of fused-ring (bicyclic) bond motifs is 1. The number of aromatic nitrogens is 2. The second-order valence-corrected chi connectivity index (χ2v) is 6.75. The molecular weight excluding hydrogens is 330 g/mol. The predicted molar refractivity (Wildman–Crippen MR) is 103 cm³/mol. The van der Waals surface area contributed by atoms with Gasteiger partial charge in [-0.1, -0.05) is 26.7 Å². The van der Waals surface area contributed by atoms with Gasteiger partial charge in [-0.25, -0.2) is 9.78 Å². The summed E-state index contributed by atoms with van der Waals surface area (Å²) in [5.74, 6) is -0.370. The number of hydrogen-bond acceptors (Lipinski definition) is 4. The van der Waals surface area contributed by atoms with Gasteiger partial charge in [-0.15, -0.1) is 0 Å². The van der Waals surface area contributed by atoms with Crippen LogP contribution in [0.2, 0.25) is 0 Å². The van der Waals surface area contributed by atoms with Crippen LogP contribution >= 0.6 is 0 Å². The minimum Gasteiger partial charge on any atom is -0.478 e. The Hall–Kier alpha value is -1.92. The standard InChI is InChI=1S/C20H31N3O3/c1-3-5-10-22(11-6-4-2)12-7-13-23-18-9-8-16(20(25)26)14-17(18)21-19(23)15-24/h8-9,14,24H,3-7,10-13,15H2,1-2H3,(H,25,26). The highest BCUT2D eigenvalue weighted by Crippen LogP contribution is 2.19. The van der Waals surface area contributed by atoms with Gasteiger partial charge in [0.25, 0.3) is 0 Å². The highest BCUT2D eigenvalue weighted by molar-refractivity contribution is 5.92. The van der Waals surface area contributed by atoms with Crippen molar-refractivity contribution in [2.24, 2.45) is 0 Å². The lowest BCUT2D eigenvalue weighted by molar-refractivity contribution is 0.0697. The van der Waals surface area contributed by atoms with Crippen molar-refractivity contribution in [3.05, 3.63) is 29.6 Å². The molecule has 0 bridgehead atoms. The zero-order valence-corrected chi connectivity index (χ0v) is 15.9. The van der Waals surface area contributed by atoms with Crippen molar-refractivity contribution >= 4 is 17.0 Å². The normalized spacial score (nSPS) is 11.5. The Balaban J connectivity index is 2.07. The Bertz CT molecular complexity index is 704. The van der Waals surface area contributed by atoms with Gasteiger partial charge in [0.2, 0.25) is 0 Å². The van der Waals surface area contributed by atoms with Crippen LogP contribution in [0, 0.1) is 0 Å². The van der Waals surface area contributed by atoms with Crippen molar-refractivity contribution < 1.29 is 15.0 Å². The van der Waals surface area contributed by atoms with E-state index in [1.807, 2.05) is 4.57 Å². The summed E-state index contributed by atoms with van der Waals surface area (Å²) in [6.45, 7) is 8.35. The molecule has 0 aliphatic heterocycles. The van der Waals surface area contributed by atoms with E-state index < -0.39 is 5.97 Å². The monoisotopic (exact) mass is 361 g/mol. The third-order valence-corrected chi connectivity index (χ3v) is 4.73. The van der Waals surface area contributed by atoms with Gasteiger partial charge >= 0.3 is 5.97 Å². The Morgan fingerprint density at radius 2 is 1.77 bits per heavy atom. The zero-order valence-electron chi connectivity index (χ0n) is 15.9. The number of rotatable bonds is 12. The quantitative estimate of drug-likeness (QED) is 0.605. The first-order valence-corrected chi connectivity index (χ1v) is 9.66. The van der Waals surface area contributed by atoms with E-state index in [4.69, 9.17) is 5.11 Å². The van der Waals surface area contributed by atoms with Crippen LogP contribution in [0.25, 0.3) is 11.0 Å². The average Bonchev–Trinajstić information content (AvgIpc) is 3.00. The summed E-state index contributed by atoms with van der Waals surface area (Å²) >= 11 is 0. The highest BCUT2D eigenvalue weighted by atomic mass is 16.4. The number of carbonyl (C=O) groups is 1. The molecule has 0 saturated carbocycles. The topological polar surface area (TPSA) is 78.6 Å². The molecule has 0 saturated heterocycles. The van der Waals surface area contributed by atoms with Gasteiger partial charge in [-0.3, -0.25) is 0 Å². The van der Waals surface area contributed by atoms with Crippen LogP contribution in [-0.2, 0) is 13.2 Å². The summed E-state index contributed by atoms with van der Waals surface area (Å²) in [6.07, 6.45) is 5.83. The molecule has 0 atom stereocenters. The molecule has 26 heavy (non-hydrogen) atoms. The molecule has 0 aliphatic carbocycles. The SMILES string of the molecule is CCCCN(CCCC)CCCn1c(CO)nc2cc(C(=O)O)ccc21. The van der Waals surface area contributed by atoms with E-state index in [1.165, 1.54) is 25.7 Å². The third-order valence-electron chi connectivity index (χ3n) is 4.73. The van der Waals surface area contributed by atoms with E-state index >= 15 is 0 Å². The summed E-state index contributed by atoms with van der Waals surface area (Å²) in [4.78, 5) is 18.1. The number of imidazole rings is 1. The van der Waals surface area contributed by atoms with E-state index in [0.29, 0.717) is 11.3 Å².